The van der Waals surface area contributed by atoms with Crippen molar-refractivity contribution in [3.63, 3.8) is 0 Å². The highest BCUT2D eigenvalue weighted by Gasteiger charge is 2.20. The Balaban J connectivity index is 2.45. The van der Waals surface area contributed by atoms with Gasteiger partial charge in [0.1, 0.15) is 0 Å². The smallest absolute Gasteiger partial charge is 0.0601 e. The number of aliphatic hydroxyl groups is 1. The highest BCUT2D eigenvalue weighted by Crippen LogP contribution is 2.30. The molecule has 0 saturated carbocycles. The van der Waals surface area contributed by atoms with E-state index in [2.05, 4.69) is 22.8 Å². The second-order valence-electron chi connectivity index (χ2n) is 3.80. The van der Waals surface area contributed by atoms with E-state index in [0.29, 0.717) is 0 Å². The maximum atomic E-state index is 9.15. The van der Waals surface area contributed by atoms with Crippen LogP contribution in [0.15, 0.2) is 29.6 Å². The van der Waals surface area contributed by atoms with E-state index in [1.54, 1.807) is 11.3 Å². The third-order valence-electron chi connectivity index (χ3n) is 2.80. The second kappa shape index (κ2) is 4.93. The van der Waals surface area contributed by atoms with Crippen LogP contribution in [-0.4, -0.2) is 24.8 Å². The number of fused-ring (bicyclic) bond motifs is 1. The lowest BCUT2D eigenvalue weighted by molar-refractivity contribution is 0.241. The first-order valence-corrected chi connectivity index (χ1v) is 6.15. The molecule has 1 heterocycles. The van der Waals surface area contributed by atoms with Crippen LogP contribution in [-0.2, 0) is 0 Å². The number of aliphatic hydroxyl groups excluding tert-OH is 1. The Morgan fingerprint density at radius 1 is 1.44 bits per heavy atom. The molecule has 2 aromatic rings. The third kappa shape index (κ3) is 1.97. The molecule has 2 unspecified atom stereocenters. The summed E-state index contributed by atoms with van der Waals surface area (Å²) in [4.78, 5) is 0. The fourth-order valence-corrected chi connectivity index (χ4v) is 2.94. The lowest BCUT2D eigenvalue weighted by Crippen LogP contribution is -2.38. The Morgan fingerprint density at radius 3 is 2.88 bits per heavy atom. The van der Waals surface area contributed by atoms with E-state index in [0.717, 1.165) is 0 Å². The summed E-state index contributed by atoms with van der Waals surface area (Å²) in [6.45, 7) is -0.0182. The van der Waals surface area contributed by atoms with E-state index < -0.39 is 0 Å². The highest BCUT2D eigenvalue weighted by atomic mass is 32.1. The number of hydrogen-bond acceptors (Lipinski definition) is 4. The van der Waals surface area contributed by atoms with E-state index in [-0.39, 0.29) is 18.7 Å². The summed E-state index contributed by atoms with van der Waals surface area (Å²) in [5.74, 6) is 0. The minimum atomic E-state index is -0.275. The Hall–Kier alpha value is -0.940. The van der Waals surface area contributed by atoms with Crippen molar-refractivity contribution in [2.75, 3.05) is 13.7 Å². The number of likely N-dealkylation sites (N-methyl/N-ethyl adjacent to an activating group) is 1. The molecule has 2 atom stereocenters. The molecule has 1 aromatic carbocycles. The third-order valence-corrected chi connectivity index (χ3v) is 3.78. The first-order valence-electron chi connectivity index (χ1n) is 5.27. The van der Waals surface area contributed by atoms with Gasteiger partial charge in [0.15, 0.2) is 0 Å². The number of benzene rings is 1. The van der Waals surface area contributed by atoms with Gasteiger partial charge in [0.05, 0.1) is 12.6 Å². The van der Waals surface area contributed by atoms with Crippen molar-refractivity contribution in [3.8, 4) is 0 Å². The molecule has 4 N–H and O–H groups in total. The molecule has 0 radical (unpaired) electrons. The summed E-state index contributed by atoms with van der Waals surface area (Å²) < 4.78 is 1.25. The summed E-state index contributed by atoms with van der Waals surface area (Å²) in [6, 6.07) is 7.97. The van der Waals surface area contributed by atoms with E-state index in [1.807, 2.05) is 19.2 Å². The summed E-state index contributed by atoms with van der Waals surface area (Å²) in [7, 11) is 1.87. The highest BCUT2D eigenvalue weighted by molar-refractivity contribution is 7.17. The van der Waals surface area contributed by atoms with Crippen molar-refractivity contribution in [1.82, 2.24) is 5.32 Å². The molecule has 0 saturated heterocycles. The van der Waals surface area contributed by atoms with Crippen LogP contribution in [0.3, 0.4) is 0 Å². The summed E-state index contributed by atoms with van der Waals surface area (Å²) in [6.07, 6.45) is 0. The molecule has 0 spiro atoms. The monoisotopic (exact) mass is 236 g/mol. The lowest BCUT2D eigenvalue weighted by Gasteiger charge is -2.21. The van der Waals surface area contributed by atoms with Gasteiger partial charge in [-0.3, -0.25) is 0 Å². The van der Waals surface area contributed by atoms with Gasteiger partial charge in [-0.2, -0.15) is 0 Å². The van der Waals surface area contributed by atoms with Gasteiger partial charge in [-0.05, 0) is 29.4 Å². The van der Waals surface area contributed by atoms with Crippen molar-refractivity contribution in [1.29, 1.82) is 0 Å². The number of nitrogens with two attached hydrogens (primary N) is 1. The van der Waals surface area contributed by atoms with Crippen molar-refractivity contribution in [2.45, 2.75) is 12.1 Å². The van der Waals surface area contributed by atoms with Crippen LogP contribution in [0.25, 0.3) is 10.1 Å². The molecular weight excluding hydrogens is 220 g/mol. The molecule has 16 heavy (non-hydrogen) atoms. The van der Waals surface area contributed by atoms with Gasteiger partial charge in [-0.25, -0.2) is 0 Å². The maximum Gasteiger partial charge on any atom is 0.0601 e. The zero-order valence-electron chi connectivity index (χ0n) is 9.18. The van der Waals surface area contributed by atoms with Crippen molar-refractivity contribution >= 4 is 21.4 Å². The molecule has 0 aliphatic carbocycles. The molecule has 0 amide bonds. The first-order chi connectivity index (χ1) is 7.77. The SMILES string of the molecule is CNC(c1csc2ccccc12)C(N)CO. The predicted octanol–water partition coefficient (Wildman–Crippen LogP) is 1.48. The molecule has 4 heteroatoms. The average molecular weight is 236 g/mol. The Labute approximate surface area is 98.9 Å². The fraction of sp³-hybridized carbons (Fsp3) is 0.333. The van der Waals surface area contributed by atoms with E-state index in [9.17, 15) is 0 Å². The van der Waals surface area contributed by atoms with Gasteiger partial charge in [-0.1, -0.05) is 18.2 Å². The molecule has 0 aliphatic heterocycles. The van der Waals surface area contributed by atoms with E-state index >= 15 is 0 Å². The first kappa shape index (κ1) is 11.5. The van der Waals surface area contributed by atoms with Crippen LogP contribution in [0, 0.1) is 0 Å². The molecule has 86 valence electrons. The Morgan fingerprint density at radius 2 is 2.19 bits per heavy atom. The fourth-order valence-electron chi connectivity index (χ4n) is 1.94. The summed E-state index contributed by atoms with van der Waals surface area (Å²) in [5, 5.41) is 15.6. The van der Waals surface area contributed by atoms with Crippen LogP contribution < -0.4 is 11.1 Å². The van der Waals surface area contributed by atoms with Gasteiger partial charge in [0.25, 0.3) is 0 Å². The standard InChI is InChI=1S/C12H16N2OS/c1-14-12(10(13)6-15)9-7-16-11-5-3-2-4-8(9)11/h2-5,7,10,12,14-15H,6,13H2,1H3. The van der Waals surface area contributed by atoms with Crippen LogP contribution in [0.1, 0.15) is 11.6 Å². The van der Waals surface area contributed by atoms with E-state index in [1.165, 1.54) is 15.6 Å². The maximum absolute atomic E-state index is 9.15. The predicted molar refractivity (Wildman–Crippen MR) is 68.7 cm³/mol. The molecule has 2 rings (SSSR count). The molecule has 0 bridgehead atoms. The van der Waals surface area contributed by atoms with Gasteiger partial charge < -0.3 is 16.2 Å². The van der Waals surface area contributed by atoms with Crippen LogP contribution in [0.2, 0.25) is 0 Å². The van der Waals surface area contributed by atoms with E-state index in [4.69, 9.17) is 10.8 Å². The van der Waals surface area contributed by atoms with Crippen LogP contribution in [0.4, 0.5) is 0 Å². The molecule has 0 fully saturated rings. The van der Waals surface area contributed by atoms with Crippen LogP contribution >= 0.6 is 11.3 Å². The average Bonchev–Trinajstić information content (AvgIpc) is 2.74. The van der Waals surface area contributed by atoms with Crippen molar-refractivity contribution in [2.24, 2.45) is 5.73 Å². The molecule has 3 nitrogen and oxygen atoms in total. The summed E-state index contributed by atoms with van der Waals surface area (Å²) >= 11 is 1.71. The van der Waals surface area contributed by atoms with Gasteiger partial charge in [-0.15, -0.1) is 11.3 Å². The Bertz CT molecular complexity index is 469. The second-order valence-corrected chi connectivity index (χ2v) is 4.71. The number of thiophene rings is 1. The zero-order chi connectivity index (χ0) is 11.5. The van der Waals surface area contributed by atoms with Crippen molar-refractivity contribution < 1.29 is 5.11 Å². The molecular formula is C12H16N2OS. The largest absolute Gasteiger partial charge is 0.395 e. The number of hydrogen-bond donors (Lipinski definition) is 3. The zero-order valence-corrected chi connectivity index (χ0v) is 10.00. The normalized spacial score (nSPS) is 15.2. The van der Waals surface area contributed by atoms with Gasteiger partial charge in [0.2, 0.25) is 0 Å². The quantitative estimate of drug-likeness (QED) is 0.753. The minimum absolute atomic E-state index is 0.00106. The van der Waals surface area contributed by atoms with Crippen LogP contribution in [0.5, 0.6) is 0 Å². The number of rotatable bonds is 4. The molecule has 0 aliphatic rings. The lowest BCUT2D eigenvalue weighted by atomic mass is 10.00. The topological polar surface area (TPSA) is 58.3 Å². The minimum Gasteiger partial charge on any atom is -0.395 e. The molecule has 1 aromatic heterocycles. The van der Waals surface area contributed by atoms with Gasteiger partial charge in [0, 0.05) is 10.7 Å². The van der Waals surface area contributed by atoms with Gasteiger partial charge >= 0.3 is 0 Å². The summed E-state index contributed by atoms with van der Waals surface area (Å²) in [5.41, 5.74) is 7.07. The number of nitrogens with one attached hydrogen (secondary N) is 1. The Kier molecular flexibility index (Phi) is 3.56. The van der Waals surface area contributed by atoms with Crippen molar-refractivity contribution in [3.05, 3.63) is 35.2 Å².